The molecule has 2 aromatic rings. The van der Waals surface area contributed by atoms with Crippen LogP contribution in [0.5, 0.6) is 5.75 Å². The fourth-order valence-corrected chi connectivity index (χ4v) is 2.62. The molecule has 0 spiro atoms. The first-order chi connectivity index (χ1) is 13.3. The lowest BCUT2D eigenvalue weighted by atomic mass is 10.2. The van der Waals surface area contributed by atoms with E-state index in [9.17, 15) is 14.4 Å². The molecular formula is C21H25N3O4. The van der Waals surface area contributed by atoms with Crippen molar-refractivity contribution in [2.45, 2.75) is 33.8 Å². The summed E-state index contributed by atoms with van der Waals surface area (Å²) in [5.74, 6) is -0.308. The second kappa shape index (κ2) is 9.55. The lowest BCUT2D eigenvalue weighted by Gasteiger charge is -2.24. The summed E-state index contributed by atoms with van der Waals surface area (Å²) in [6.45, 7) is 6.43. The first-order valence-corrected chi connectivity index (χ1v) is 8.97. The molecule has 0 aromatic heterocycles. The summed E-state index contributed by atoms with van der Waals surface area (Å²) >= 11 is 0. The van der Waals surface area contributed by atoms with Gasteiger partial charge in [0, 0.05) is 25.2 Å². The van der Waals surface area contributed by atoms with Crippen molar-refractivity contribution >= 4 is 34.8 Å². The van der Waals surface area contributed by atoms with Crippen molar-refractivity contribution in [2.24, 2.45) is 0 Å². The van der Waals surface area contributed by atoms with Crippen molar-refractivity contribution < 1.29 is 19.1 Å². The fraction of sp³-hybridized carbons (Fsp3) is 0.286. The minimum Gasteiger partial charge on any atom is -0.489 e. The van der Waals surface area contributed by atoms with Crippen LogP contribution in [-0.2, 0) is 14.4 Å². The Hall–Kier alpha value is -3.35. The summed E-state index contributed by atoms with van der Waals surface area (Å²) in [6.07, 6.45) is -0.0692. The third kappa shape index (κ3) is 6.12. The van der Waals surface area contributed by atoms with Crippen molar-refractivity contribution in [3.63, 3.8) is 0 Å². The zero-order chi connectivity index (χ0) is 20.7. The summed E-state index contributed by atoms with van der Waals surface area (Å²) in [4.78, 5) is 37.3. The summed E-state index contributed by atoms with van der Waals surface area (Å²) in [6, 6.07) is 13.9. The predicted octanol–water partition coefficient (Wildman–Crippen LogP) is 3.42. The van der Waals surface area contributed by atoms with Crippen LogP contribution in [0.4, 0.5) is 17.1 Å². The average molecular weight is 383 g/mol. The number of carbonyl (C=O) groups is 3. The van der Waals surface area contributed by atoms with Crippen LogP contribution >= 0.6 is 0 Å². The smallest absolute Gasteiger partial charge is 0.244 e. The number of amides is 3. The van der Waals surface area contributed by atoms with Gasteiger partial charge in [-0.1, -0.05) is 18.2 Å². The van der Waals surface area contributed by atoms with E-state index in [1.165, 1.54) is 18.7 Å². The molecule has 0 bridgehead atoms. The van der Waals surface area contributed by atoms with E-state index in [4.69, 9.17) is 4.74 Å². The molecule has 0 atom stereocenters. The van der Waals surface area contributed by atoms with Gasteiger partial charge in [0.2, 0.25) is 17.7 Å². The van der Waals surface area contributed by atoms with Crippen LogP contribution in [0.2, 0.25) is 0 Å². The number of anilines is 3. The molecule has 2 aromatic carbocycles. The van der Waals surface area contributed by atoms with E-state index >= 15 is 0 Å². The summed E-state index contributed by atoms with van der Waals surface area (Å²) < 4.78 is 5.76. The van der Waals surface area contributed by atoms with Gasteiger partial charge in [0.1, 0.15) is 12.3 Å². The van der Waals surface area contributed by atoms with Crippen molar-refractivity contribution in [3.05, 3.63) is 48.5 Å². The Morgan fingerprint density at radius 3 is 2.21 bits per heavy atom. The highest BCUT2D eigenvalue weighted by atomic mass is 16.5. The largest absolute Gasteiger partial charge is 0.489 e. The molecule has 0 radical (unpaired) electrons. The molecule has 0 aliphatic heterocycles. The Morgan fingerprint density at radius 1 is 0.964 bits per heavy atom. The SMILES string of the molecule is CC(=O)Nc1cccc(NC(=O)CN(C(C)=O)c2ccccc2OC(C)C)c1. The van der Waals surface area contributed by atoms with Crippen LogP contribution in [0.25, 0.3) is 0 Å². The first kappa shape index (κ1) is 21.0. The van der Waals surface area contributed by atoms with E-state index in [2.05, 4.69) is 10.6 Å². The monoisotopic (exact) mass is 383 g/mol. The van der Waals surface area contributed by atoms with E-state index in [1.54, 1.807) is 42.5 Å². The maximum Gasteiger partial charge on any atom is 0.244 e. The zero-order valence-electron chi connectivity index (χ0n) is 16.5. The van der Waals surface area contributed by atoms with E-state index in [-0.39, 0.29) is 30.4 Å². The number of ether oxygens (including phenoxy) is 1. The second-order valence-corrected chi connectivity index (χ2v) is 6.55. The first-order valence-electron chi connectivity index (χ1n) is 8.97. The van der Waals surface area contributed by atoms with E-state index in [0.29, 0.717) is 22.8 Å². The number of nitrogens with one attached hydrogen (secondary N) is 2. The van der Waals surface area contributed by atoms with Crippen LogP contribution in [0.3, 0.4) is 0 Å². The number of carbonyl (C=O) groups excluding carboxylic acids is 3. The lowest BCUT2D eigenvalue weighted by molar-refractivity contribution is -0.120. The molecule has 0 aliphatic carbocycles. The van der Waals surface area contributed by atoms with E-state index in [0.717, 1.165) is 0 Å². The molecule has 0 saturated carbocycles. The third-order valence-corrected chi connectivity index (χ3v) is 3.67. The molecule has 0 aliphatic rings. The highest BCUT2D eigenvalue weighted by Gasteiger charge is 2.20. The summed E-state index contributed by atoms with van der Waals surface area (Å²) in [5, 5.41) is 5.40. The summed E-state index contributed by atoms with van der Waals surface area (Å²) in [7, 11) is 0. The Labute approximate surface area is 164 Å². The number of hydrogen-bond donors (Lipinski definition) is 2. The van der Waals surface area contributed by atoms with Crippen LogP contribution in [-0.4, -0.2) is 30.4 Å². The molecule has 2 N–H and O–H groups in total. The number of benzene rings is 2. The molecule has 0 saturated heterocycles. The molecule has 7 heteroatoms. The van der Waals surface area contributed by atoms with Crippen molar-refractivity contribution in [1.82, 2.24) is 0 Å². The highest BCUT2D eigenvalue weighted by Crippen LogP contribution is 2.29. The molecule has 7 nitrogen and oxygen atoms in total. The van der Waals surface area contributed by atoms with Gasteiger partial charge in [-0.15, -0.1) is 0 Å². The Bertz CT molecular complexity index is 864. The quantitative estimate of drug-likeness (QED) is 0.767. The number of rotatable bonds is 7. The molecule has 2 rings (SSSR count). The van der Waals surface area contributed by atoms with Gasteiger partial charge in [-0.3, -0.25) is 19.3 Å². The molecule has 0 fully saturated rings. The van der Waals surface area contributed by atoms with Crippen molar-refractivity contribution in [3.8, 4) is 5.75 Å². The van der Waals surface area contributed by atoms with E-state index in [1.807, 2.05) is 19.9 Å². The second-order valence-electron chi connectivity index (χ2n) is 6.55. The van der Waals surface area contributed by atoms with E-state index < -0.39 is 0 Å². The highest BCUT2D eigenvalue weighted by molar-refractivity contribution is 6.03. The lowest BCUT2D eigenvalue weighted by Crippen LogP contribution is -2.37. The minimum atomic E-state index is -0.366. The van der Waals surface area contributed by atoms with Gasteiger partial charge >= 0.3 is 0 Å². The van der Waals surface area contributed by atoms with Crippen LogP contribution in [0, 0.1) is 0 Å². The zero-order valence-corrected chi connectivity index (χ0v) is 16.5. The van der Waals surface area contributed by atoms with Gasteiger partial charge < -0.3 is 15.4 Å². The predicted molar refractivity (Wildman–Crippen MR) is 110 cm³/mol. The van der Waals surface area contributed by atoms with Gasteiger partial charge in [-0.05, 0) is 44.2 Å². The number of nitrogens with zero attached hydrogens (tertiary/aromatic N) is 1. The van der Waals surface area contributed by atoms with Crippen LogP contribution < -0.4 is 20.3 Å². The molecule has 0 heterocycles. The van der Waals surface area contributed by atoms with Gasteiger partial charge in [0.25, 0.3) is 0 Å². The van der Waals surface area contributed by atoms with Gasteiger partial charge in [0.05, 0.1) is 11.8 Å². The van der Waals surface area contributed by atoms with Gasteiger partial charge in [-0.2, -0.15) is 0 Å². The van der Waals surface area contributed by atoms with Crippen LogP contribution in [0.15, 0.2) is 48.5 Å². The molecule has 28 heavy (non-hydrogen) atoms. The summed E-state index contributed by atoms with van der Waals surface area (Å²) in [5.41, 5.74) is 1.63. The maximum atomic E-state index is 12.5. The molecular weight excluding hydrogens is 358 g/mol. The fourth-order valence-electron chi connectivity index (χ4n) is 2.62. The molecule has 0 unspecified atom stereocenters. The number of para-hydroxylation sites is 2. The van der Waals surface area contributed by atoms with Crippen molar-refractivity contribution in [1.29, 1.82) is 0 Å². The van der Waals surface area contributed by atoms with Crippen molar-refractivity contribution in [2.75, 3.05) is 22.1 Å². The van der Waals surface area contributed by atoms with Gasteiger partial charge in [0.15, 0.2) is 0 Å². The Morgan fingerprint density at radius 2 is 1.61 bits per heavy atom. The number of hydrogen-bond acceptors (Lipinski definition) is 4. The normalized spacial score (nSPS) is 10.3. The molecule has 3 amide bonds. The minimum absolute atomic E-state index is 0.0692. The maximum absolute atomic E-state index is 12.5. The molecule has 148 valence electrons. The van der Waals surface area contributed by atoms with Crippen LogP contribution in [0.1, 0.15) is 27.7 Å². The Balaban J connectivity index is 2.16. The topological polar surface area (TPSA) is 87.7 Å². The Kier molecular flexibility index (Phi) is 7.14. The third-order valence-electron chi connectivity index (χ3n) is 3.67. The average Bonchev–Trinajstić information content (AvgIpc) is 2.59. The van der Waals surface area contributed by atoms with Gasteiger partial charge in [-0.25, -0.2) is 0 Å². The standard InChI is InChI=1S/C21H25N3O4/c1-14(2)28-20-11-6-5-10-19(20)24(16(4)26)13-21(27)23-18-9-7-8-17(12-18)22-15(3)25/h5-12,14H,13H2,1-4H3,(H,22,25)(H,23,27).